The number of nitrogens with one attached hydrogen (secondary N) is 1. The van der Waals surface area contributed by atoms with E-state index < -0.39 is 15.9 Å². The van der Waals surface area contributed by atoms with Crippen LogP contribution in [0.25, 0.3) is 0 Å². The largest absolute Gasteiger partial charge is 0.494 e. The van der Waals surface area contributed by atoms with Gasteiger partial charge in [0, 0.05) is 5.56 Å². The van der Waals surface area contributed by atoms with Crippen LogP contribution < -0.4 is 9.46 Å². The summed E-state index contributed by atoms with van der Waals surface area (Å²) in [6.45, 7) is 4.38. The molecule has 0 aliphatic rings. The first-order chi connectivity index (χ1) is 9.48. The van der Waals surface area contributed by atoms with Gasteiger partial charge in [-0.05, 0) is 31.0 Å². The molecule has 0 saturated heterocycles. The van der Waals surface area contributed by atoms with Gasteiger partial charge in [0.25, 0.3) is 5.91 Å². The van der Waals surface area contributed by atoms with Crippen LogP contribution in [-0.4, -0.2) is 26.7 Å². The highest BCUT2D eigenvalue weighted by Gasteiger charge is 2.15. The van der Waals surface area contributed by atoms with E-state index in [-0.39, 0.29) is 11.3 Å². The predicted octanol–water partition coefficient (Wildman–Crippen LogP) is 2.34. The smallest absolute Gasteiger partial charge is 0.264 e. The van der Waals surface area contributed by atoms with Gasteiger partial charge in [-0.15, -0.1) is 0 Å². The standard InChI is InChI=1S/C14H21NO4S/c1-3-5-9-19-13-8-6-7-12(11-13)14(16)15-20(17,18)10-4-2/h6-8,11H,3-5,9-10H2,1-2H3,(H,15,16). The molecule has 0 atom stereocenters. The van der Waals surface area contributed by atoms with Crippen molar-refractivity contribution in [1.29, 1.82) is 0 Å². The molecule has 1 amide bonds. The molecular weight excluding hydrogens is 278 g/mol. The van der Waals surface area contributed by atoms with Gasteiger partial charge in [-0.3, -0.25) is 4.79 Å². The Morgan fingerprint density at radius 2 is 2.00 bits per heavy atom. The zero-order valence-corrected chi connectivity index (χ0v) is 12.7. The molecule has 1 rings (SSSR count). The minimum absolute atomic E-state index is 0.0641. The molecule has 0 fully saturated rings. The van der Waals surface area contributed by atoms with E-state index in [2.05, 4.69) is 6.92 Å². The third kappa shape index (κ3) is 5.61. The zero-order chi connectivity index (χ0) is 15.0. The average Bonchev–Trinajstić information content (AvgIpc) is 2.38. The molecule has 0 aliphatic carbocycles. The molecule has 0 aliphatic heterocycles. The van der Waals surface area contributed by atoms with Gasteiger partial charge >= 0.3 is 0 Å². The summed E-state index contributed by atoms with van der Waals surface area (Å²) < 4.78 is 30.6. The molecule has 1 aromatic rings. The number of hydrogen-bond donors (Lipinski definition) is 1. The summed E-state index contributed by atoms with van der Waals surface area (Å²) in [5, 5.41) is 0. The minimum Gasteiger partial charge on any atom is -0.494 e. The highest BCUT2D eigenvalue weighted by Crippen LogP contribution is 2.14. The Kier molecular flexibility index (Phi) is 6.51. The second-order valence-corrected chi connectivity index (χ2v) is 6.32. The van der Waals surface area contributed by atoms with Crippen LogP contribution >= 0.6 is 0 Å². The number of amides is 1. The first-order valence-corrected chi connectivity index (χ1v) is 8.41. The predicted molar refractivity (Wildman–Crippen MR) is 78.4 cm³/mol. The third-order valence-corrected chi connectivity index (χ3v) is 4.03. The van der Waals surface area contributed by atoms with Gasteiger partial charge in [-0.2, -0.15) is 0 Å². The van der Waals surface area contributed by atoms with Gasteiger partial charge in [0.05, 0.1) is 12.4 Å². The summed E-state index contributed by atoms with van der Waals surface area (Å²) in [5.74, 6) is -0.121. The Bertz CT molecular complexity index is 540. The summed E-state index contributed by atoms with van der Waals surface area (Å²) in [5.41, 5.74) is 0.277. The molecule has 1 N–H and O–H groups in total. The number of carbonyl (C=O) groups is 1. The molecule has 112 valence electrons. The van der Waals surface area contributed by atoms with Gasteiger partial charge in [0.2, 0.25) is 10.0 Å². The lowest BCUT2D eigenvalue weighted by molar-refractivity contribution is 0.0981. The second-order valence-electron chi connectivity index (χ2n) is 4.48. The highest BCUT2D eigenvalue weighted by molar-refractivity contribution is 7.90. The Morgan fingerprint density at radius 3 is 2.65 bits per heavy atom. The van der Waals surface area contributed by atoms with Gasteiger partial charge in [0.15, 0.2) is 0 Å². The van der Waals surface area contributed by atoms with Crippen molar-refractivity contribution in [3.8, 4) is 5.75 Å². The Hall–Kier alpha value is -1.56. The van der Waals surface area contributed by atoms with Crippen LogP contribution in [0, 0.1) is 0 Å². The lowest BCUT2D eigenvalue weighted by Crippen LogP contribution is -2.32. The Labute approximate surface area is 120 Å². The molecule has 0 heterocycles. The fourth-order valence-corrected chi connectivity index (χ4v) is 2.62. The maximum absolute atomic E-state index is 11.9. The van der Waals surface area contributed by atoms with Gasteiger partial charge in [0.1, 0.15) is 5.75 Å². The lowest BCUT2D eigenvalue weighted by Gasteiger charge is -2.08. The molecule has 0 saturated carbocycles. The van der Waals surface area contributed by atoms with Gasteiger partial charge in [-0.1, -0.05) is 26.3 Å². The maximum atomic E-state index is 11.9. The zero-order valence-electron chi connectivity index (χ0n) is 11.9. The Morgan fingerprint density at radius 1 is 1.25 bits per heavy atom. The number of sulfonamides is 1. The van der Waals surface area contributed by atoms with Crippen LogP contribution in [0.15, 0.2) is 24.3 Å². The van der Waals surface area contributed by atoms with E-state index in [1.807, 2.05) is 4.72 Å². The van der Waals surface area contributed by atoms with Crippen LogP contribution in [0.2, 0.25) is 0 Å². The topological polar surface area (TPSA) is 72.5 Å². The molecule has 0 unspecified atom stereocenters. The van der Waals surface area contributed by atoms with Crippen molar-refractivity contribution in [3.63, 3.8) is 0 Å². The first kappa shape index (κ1) is 16.5. The normalized spacial score (nSPS) is 11.1. The van der Waals surface area contributed by atoms with Gasteiger partial charge < -0.3 is 4.74 Å². The molecule has 5 nitrogen and oxygen atoms in total. The average molecular weight is 299 g/mol. The van der Waals surface area contributed by atoms with Crippen LogP contribution in [0.5, 0.6) is 5.75 Å². The van der Waals surface area contributed by atoms with Crippen LogP contribution in [0.4, 0.5) is 0 Å². The van der Waals surface area contributed by atoms with Crippen molar-refractivity contribution >= 4 is 15.9 Å². The van der Waals surface area contributed by atoms with Crippen molar-refractivity contribution < 1.29 is 17.9 Å². The SMILES string of the molecule is CCCCOc1cccc(C(=O)NS(=O)(=O)CCC)c1. The summed E-state index contributed by atoms with van der Waals surface area (Å²) >= 11 is 0. The van der Waals surface area contributed by atoms with Crippen molar-refractivity contribution in [1.82, 2.24) is 4.72 Å². The summed E-state index contributed by atoms with van der Waals surface area (Å²) in [6.07, 6.45) is 2.42. The van der Waals surface area contributed by atoms with Crippen LogP contribution in [0.3, 0.4) is 0 Å². The molecule has 0 spiro atoms. The van der Waals surface area contributed by atoms with E-state index in [1.165, 1.54) is 0 Å². The molecule has 0 aromatic heterocycles. The number of carbonyl (C=O) groups excluding carboxylic acids is 1. The maximum Gasteiger partial charge on any atom is 0.264 e. The number of unbranched alkanes of at least 4 members (excludes halogenated alkanes) is 1. The number of benzene rings is 1. The molecule has 6 heteroatoms. The van der Waals surface area contributed by atoms with Crippen molar-refractivity contribution in [3.05, 3.63) is 29.8 Å². The van der Waals surface area contributed by atoms with E-state index in [4.69, 9.17) is 4.74 Å². The molecule has 1 aromatic carbocycles. The summed E-state index contributed by atoms with van der Waals surface area (Å²) in [7, 11) is -3.55. The third-order valence-electron chi connectivity index (χ3n) is 2.58. The Balaban J connectivity index is 2.71. The lowest BCUT2D eigenvalue weighted by atomic mass is 10.2. The quantitative estimate of drug-likeness (QED) is 0.748. The van der Waals surface area contributed by atoms with Gasteiger partial charge in [-0.25, -0.2) is 13.1 Å². The first-order valence-electron chi connectivity index (χ1n) is 6.76. The van der Waals surface area contributed by atoms with Crippen LogP contribution in [-0.2, 0) is 10.0 Å². The monoisotopic (exact) mass is 299 g/mol. The minimum atomic E-state index is -3.55. The highest BCUT2D eigenvalue weighted by atomic mass is 32.2. The van der Waals surface area contributed by atoms with Crippen molar-refractivity contribution in [2.45, 2.75) is 33.1 Å². The van der Waals surface area contributed by atoms with Crippen molar-refractivity contribution in [2.24, 2.45) is 0 Å². The van der Waals surface area contributed by atoms with E-state index in [1.54, 1.807) is 31.2 Å². The number of hydrogen-bond acceptors (Lipinski definition) is 4. The molecule has 0 bridgehead atoms. The molecule has 20 heavy (non-hydrogen) atoms. The number of rotatable bonds is 8. The summed E-state index contributed by atoms with van der Waals surface area (Å²) in [6, 6.07) is 6.52. The second kappa shape index (κ2) is 7.89. The fourth-order valence-electron chi connectivity index (χ4n) is 1.58. The van der Waals surface area contributed by atoms with E-state index in [0.29, 0.717) is 18.8 Å². The fraction of sp³-hybridized carbons (Fsp3) is 0.500. The van der Waals surface area contributed by atoms with Crippen molar-refractivity contribution in [2.75, 3.05) is 12.4 Å². The number of ether oxygens (including phenoxy) is 1. The van der Waals surface area contributed by atoms with E-state index >= 15 is 0 Å². The molecular formula is C14H21NO4S. The van der Waals surface area contributed by atoms with E-state index in [0.717, 1.165) is 12.8 Å². The van der Waals surface area contributed by atoms with E-state index in [9.17, 15) is 13.2 Å². The van der Waals surface area contributed by atoms with Crippen LogP contribution in [0.1, 0.15) is 43.5 Å². The summed E-state index contributed by atoms with van der Waals surface area (Å²) in [4.78, 5) is 11.9. The molecule has 0 radical (unpaired) electrons.